The van der Waals surface area contributed by atoms with E-state index in [9.17, 15) is 15.0 Å². The average molecular weight is 417 g/mol. The second-order valence-electron chi connectivity index (χ2n) is 8.50. The third-order valence-corrected chi connectivity index (χ3v) is 6.08. The van der Waals surface area contributed by atoms with Crippen molar-refractivity contribution in [2.45, 2.75) is 45.6 Å². The molecule has 2 unspecified atom stereocenters. The number of aromatic hydroxyl groups is 1. The number of aliphatic carboxylic acids is 1. The van der Waals surface area contributed by atoms with Gasteiger partial charge in [-0.3, -0.25) is 4.79 Å². The van der Waals surface area contributed by atoms with E-state index < -0.39 is 5.97 Å². The normalized spacial score (nSPS) is 18.5. The first kappa shape index (κ1) is 20.9. The molecule has 0 spiro atoms. The molecule has 1 saturated carbocycles. The minimum atomic E-state index is -0.724. The van der Waals surface area contributed by atoms with Gasteiger partial charge < -0.3 is 15.5 Å². The number of carboxylic acids is 1. The summed E-state index contributed by atoms with van der Waals surface area (Å²) in [5.74, 6) is -0.146. The lowest BCUT2D eigenvalue weighted by Crippen LogP contribution is -2.31. The van der Waals surface area contributed by atoms with Crippen molar-refractivity contribution in [3.8, 4) is 28.1 Å². The van der Waals surface area contributed by atoms with Gasteiger partial charge in [-0.25, -0.2) is 4.98 Å². The van der Waals surface area contributed by atoms with Crippen LogP contribution in [0.15, 0.2) is 54.6 Å². The lowest BCUT2D eigenvalue weighted by molar-refractivity contribution is -0.142. The largest absolute Gasteiger partial charge is 0.507 e. The van der Waals surface area contributed by atoms with Gasteiger partial charge in [0.05, 0.1) is 11.6 Å². The molecular formula is C26H28N2O3. The number of carboxylic acid groups (broad SMARTS) is 1. The Morgan fingerprint density at radius 1 is 1.03 bits per heavy atom. The van der Waals surface area contributed by atoms with E-state index in [1.165, 1.54) is 0 Å². The van der Waals surface area contributed by atoms with E-state index in [4.69, 9.17) is 4.98 Å². The van der Waals surface area contributed by atoms with E-state index in [0.717, 1.165) is 41.5 Å². The number of phenolic OH excluding ortho intramolecular Hbond substituents is 1. The highest BCUT2D eigenvalue weighted by Gasteiger charge is 2.27. The molecule has 0 amide bonds. The number of benzene rings is 2. The summed E-state index contributed by atoms with van der Waals surface area (Å²) in [6.45, 7) is 4.06. The number of aromatic nitrogens is 1. The van der Waals surface area contributed by atoms with Crippen molar-refractivity contribution in [3.63, 3.8) is 0 Å². The molecule has 160 valence electrons. The first-order valence-electron chi connectivity index (χ1n) is 10.8. The average Bonchev–Trinajstić information content (AvgIpc) is 2.75. The maximum atomic E-state index is 11.5. The zero-order chi connectivity index (χ0) is 22.0. The second-order valence-corrected chi connectivity index (χ2v) is 8.50. The van der Waals surface area contributed by atoms with Crippen LogP contribution < -0.4 is 5.32 Å². The van der Waals surface area contributed by atoms with Gasteiger partial charge in [0.25, 0.3) is 0 Å². The fourth-order valence-corrected chi connectivity index (χ4v) is 4.40. The molecular weight excluding hydrogens is 388 g/mol. The van der Waals surface area contributed by atoms with Crippen LogP contribution in [-0.4, -0.2) is 27.2 Å². The summed E-state index contributed by atoms with van der Waals surface area (Å²) >= 11 is 0. The minimum Gasteiger partial charge on any atom is -0.507 e. The molecule has 0 saturated heterocycles. The smallest absolute Gasteiger partial charge is 0.306 e. The molecule has 1 aliphatic carbocycles. The quantitative estimate of drug-likeness (QED) is 0.490. The van der Waals surface area contributed by atoms with Crippen LogP contribution in [0.3, 0.4) is 0 Å². The Balaban J connectivity index is 1.76. The van der Waals surface area contributed by atoms with Gasteiger partial charge in [-0.1, -0.05) is 42.3 Å². The third-order valence-electron chi connectivity index (χ3n) is 6.08. The molecule has 2 aromatic carbocycles. The van der Waals surface area contributed by atoms with Crippen LogP contribution in [0.25, 0.3) is 22.4 Å². The Kier molecular flexibility index (Phi) is 5.94. The summed E-state index contributed by atoms with van der Waals surface area (Å²) in [5, 5.41) is 23.4. The highest BCUT2D eigenvalue weighted by atomic mass is 16.4. The van der Waals surface area contributed by atoms with E-state index in [1.54, 1.807) is 6.07 Å². The standard InChI is InChI=1S/C26H28N2O3/c1-16-10-11-24(29)22(12-16)23-14-19(21-9-4-3-6-17(21)2)15-25(28-23)27-20-8-5-7-18(13-20)26(30)31/h3-4,6,9-12,14-15,18,20,29H,5,7-8,13H2,1-2H3,(H,27,28)(H,30,31). The predicted octanol–water partition coefficient (Wildman–Crippen LogP) is 5.79. The molecule has 0 bridgehead atoms. The minimum absolute atomic E-state index is 0.0634. The molecule has 5 nitrogen and oxygen atoms in total. The van der Waals surface area contributed by atoms with Crippen LogP contribution in [0.2, 0.25) is 0 Å². The number of hydrogen-bond donors (Lipinski definition) is 3. The number of aryl methyl sites for hydroxylation is 2. The number of pyridine rings is 1. The van der Waals surface area contributed by atoms with Gasteiger partial charge in [0.15, 0.2) is 0 Å². The maximum absolute atomic E-state index is 11.5. The SMILES string of the molecule is Cc1ccc(O)c(-c2cc(-c3ccccc3C)cc(NC3CCCC(C(=O)O)C3)n2)c1. The first-order chi connectivity index (χ1) is 14.9. The number of nitrogens with zero attached hydrogens (tertiary/aromatic N) is 1. The van der Waals surface area contributed by atoms with Crippen LogP contribution >= 0.6 is 0 Å². The van der Waals surface area contributed by atoms with Crippen molar-refractivity contribution in [1.29, 1.82) is 0 Å². The van der Waals surface area contributed by atoms with Crippen molar-refractivity contribution in [3.05, 3.63) is 65.7 Å². The highest BCUT2D eigenvalue weighted by molar-refractivity contribution is 5.78. The number of carbonyl (C=O) groups is 1. The Morgan fingerprint density at radius 3 is 2.61 bits per heavy atom. The summed E-state index contributed by atoms with van der Waals surface area (Å²) in [6, 6.07) is 17.8. The van der Waals surface area contributed by atoms with Gasteiger partial charge in [0, 0.05) is 11.6 Å². The fourth-order valence-electron chi connectivity index (χ4n) is 4.40. The molecule has 1 aliphatic rings. The van der Waals surface area contributed by atoms with Crippen molar-refractivity contribution in [2.24, 2.45) is 5.92 Å². The summed E-state index contributed by atoms with van der Waals surface area (Å²) < 4.78 is 0. The predicted molar refractivity (Wildman–Crippen MR) is 123 cm³/mol. The van der Waals surface area contributed by atoms with Crippen LogP contribution in [0, 0.1) is 19.8 Å². The van der Waals surface area contributed by atoms with Gasteiger partial charge in [0.1, 0.15) is 11.6 Å². The first-order valence-corrected chi connectivity index (χ1v) is 10.8. The van der Waals surface area contributed by atoms with E-state index >= 15 is 0 Å². The van der Waals surface area contributed by atoms with Gasteiger partial charge >= 0.3 is 5.97 Å². The summed E-state index contributed by atoms with van der Waals surface area (Å²) in [7, 11) is 0. The Morgan fingerprint density at radius 2 is 1.84 bits per heavy atom. The number of anilines is 1. The molecule has 1 aromatic heterocycles. The van der Waals surface area contributed by atoms with Crippen molar-refractivity contribution in [1.82, 2.24) is 4.98 Å². The van der Waals surface area contributed by atoms with Crippen LogP contribution in [0.4, 0.5) is 5.82 Å². The van der Waals surface area contributed by atoms with E-state index in [2.05, 4.69) is 24.4 Å². The van der Waals surface area contributed by atoms with Crippen molar-refractivity contribution in [2.75, 3.05) is 5.32 Å². The molecule has 0 aliphatic heterocycles. The summed E-state index contributed by atoms with van der Waals surface area (Å²) in [5.41, 5.74) is 5.69. The zero-order valence-corrected chi connectivity index (χ0v) is 17.9. The van der Waals surface area contributed by atoms with Gasteiger partial charge in [-0.15, -0.1) is 0 Å². The molecule has 0 radical (unpaired) electrons. The molecule has 1 fully saturated rings. The lowest BCUT2D eigenvalue weighted by atomic mass is 9.86. The molecule has 1 heterocycles. The van der Waals surface area contributed by atoms with Crippen LogP contribution in [0.1, 0.15) is 36.8 Å². The van der Waals surface area contributed by atoms with E-state index in [1.807, 2.05) is 43.3 Å². The molecule has 3 aromatic rings. The molecule has 2 atom stereocenters. The Hall–Kier alpha value is -3.34. The monoisotopic (exact) mass is 416 g/mol. The summed E-state index contributed by atoms with van der Waals surface area (Å²) in [4.78, 5) is 16.3. The number of hydrogen-bond acceptors (Lipinski definition) is 4. The van der Waals surface area contributed by atoms with Gasteiger partial charge in [0.2, 0.25) is 0 Å². The fraction of sp³-hybridized carbons (Fsp3) is 0.308. The van der Waals surface area contributed by atoms with Gasteiger partial charge in [-0.2, -0.15) is 0 Å². The van der Waals surface area contributed by atoms with Gasteiger partial charge in [-0.05, 0) is 74.1 Å². The molecule has 4 rings (SSSR count). The Bertz CT molecular complexity index is 1110. The van der Waals surface area contributed by atoms with E-state index in [0.29, 0.717) is 23.5 Å². The van der Waals surface area contributed by atoms with E-state index in [-0.39, 0.29) is 17.7 Å². The lowest BCUT2D eigenvalue weighted by Gasteiger charge is -2.28. The molecule has 31 heavy (non-hydrogen) atoms. The molecule has 5 heteroatoms. The molecule has 3 N–H and O–H groups in total. The number of nitrogens with one attached hydrogen (secondary N) is 1. The number of rotatable bonds is 5. The topological polar surface area (TPSA) is 82.5 Å². The van der Waals surface area contributed by atoms with Crippen molar-refractivity contribution < 1.29 is 15.0 Å². The van der Waals surface area contributed by atoms with Crippen LogP contribution in [-0.2, 0) is 4.79 Å². The zero-order valence-electron chi connectivity index (χ0n) is 17.9. The number of phenols is 1. The second kappa shape index (κ2) is 8.80. The highest BCUT2D eigenvalue weighted by Crippen LogP contribution is 2.35. The maximum Gasteiger partial charge on any atom is 0.306 e. The Labute approximate surface area is 182 Å². The van der Waals surface area contributed by atoms with Crippen LogP contribution in [0.5, 0.6) is 5.75 Å². The van der Waals surface area contributed by atoms with Crippen molar-refractivity contribution >= 4 is 11.8 Å². The third kappa shape index (κ3) is 4.71. The summed E-state index contributed by atoms with van der Waals surface area (Å²) in [6.07, 6.45) is 3.13.